The molecule has 3 N–H and O–H groups in total. The minimum absolute atomic E-state index is 0.157. The van der Waals surface area contributed by atoms with Gasteiger partial charge in [-0.25, -0.2) is 4.39 Å². The third-order valence-electron chi connectivity index (χ3n) is 2.35. The van der Waals surface area contributed by atoms with E-state index in [9.17, 15) is 14.3 Å². The second-order valence-electron chi connectivity index (χ2n) is 4.22. The van der Waals surface area contributed by atoms with E-state index in [2.05, 4.69) is 0 Å². The largest absolute Gasteiger partial charge is 0.392 e. The molecule has 94 valence electrons. The molecule has 0 fully saturated rings. The number of nitrogens with two attached hydrogens (primary N) is 1. The quantitative estimate of drug-likeness (QED) is 0.797. The van der Waals surface area contributed by atoms with Gasteiger partial charge in [0.05, 0.1) is 6.10 Å². The summed E-state index contributed by atoms with van der Waals surface area (Å²) in [4.78, 5) is 12.6. The predicted octanol–water partition coefficient (Wildman–Crippen LogP) is 0.737. The van der Waals surface area contributed by atoms with E-state index in [1.165, 1.54) is 12.1 Å². The lowest BCUT2D eigenvalue weighted by Crippen LogP contribution is -2.27. The molecule has 1 rings (SSSR count). The van der Waals surface area contributed by atoms with Crippen LogP contribution in [0.25, 0.3) is 0 Å². The van der Waals surface area contributed by atoms with Crippen molar-refractivity contribution in [3.8, 4) is 0 Å². The fourth-order valence-electron chi connectivity index (χ4n) is 1.64. The molecular weight excluding hydrogens is 223 g/mol. The first-order valence-corrected chi connectivity index (χ1v) is 5.35. The smallest absolute Gasteiger partial charge is 0.248 e. The Labute approximate surface area is 99.8 Å². The van der Waals surface area contributed by atoms with Crippen LogP contribution in [0, 0.1) is 5.82 Å². The zero-order chi connectivity index (χ0) is 13.0. The molecule has 0 saturated heterocycles. The molecule has 17 heavy (non-hydrogen) atoms. The second-order valence-corrected chi connectivity index (χ2v) is 4.22. The first-order valence-electron chi connectivity index (χ1n) is 5.35. The zero-order valence-corrected chi connectivity index (χ0v) is 9.98. The van der Waals surface area contributed by atoms with E-state index in [1.807, 2.05) is 0 Å². The van der Waals surface area contributed by atoms with E-state index in [0.29, 0.717) is 18.7 Å². The number of carbonyl (C=O) groups excluding carboxylic acids is 1. The van der Waals surface area contributed by atoms with Crippen molar-refractivity contribution in [3.05, 3.63) is 35.1 Å². The van der Waals surface area contributed by atoms with Crippen LogP contribution in [0.5, 0.6) is 0 Å². The molecule has 0 radical (unpaired) electrons. The van der Waals surface area contributed by atoms with Crippen LogP contribution in [0.4, 0.5) is 4.39 Å². The molecule has 1 unspecified atom stereocenters. The Morgan fingerprint density at radius 3 is 2.71 bits per heavy atom. The highest BCUT2D eigenvalue weighted by molar-refractivity contribution is 5.92. The number of nitrogens with zero attached hydrogens (tertiary/aromatic N) is 1. The van der Waals surface area contributed by atoms with Crippen LogP contribution in [0.3, 0.4) is 0 Å². The van der Waals surface area contributed by atoms with Gasteiger partial charge in [-0.3, -0.25) is 9.69 Å². The third-order valence-corrected chi connectivity index (χ3v) is 2.35. The number of benzene rings is 1. The molecule has 0 aliphatic heterocycles. The van der Waals surface area contributed by atoms with Gasteiger partial charge >= 0.3 is 0 Å². The van der Waals surface area contributed by atoms with Crippen molar-refractivity contribution < 1.29 is 14.3 Å². The maximum Gasteiger partial charge on any atom is 0.248 e. The summed E-state index contributed by atoms with van der Waals surface area (Å²) in [7, 11) is 1.79. The van der Waals surface area contributed by atoms with Crippen LogP contribution in [0.15, 0.2) is 18.2 Å². The highest BCUT2D eigenvalue weighted by atomic mass is 19.1. The molecule has 1 amide bonds. The second kappa shape index (κ2) is 5.75. The number of carbonyl (C=O) groups is 1. The summed E-state index contributed by atoms with van der Waals surface area (Å²) in [6.07, 6.45) is -0.465. The summed E-state index contributed by atoms with van der Waals surface area (Å²) in [5.74, 6) is -1.11. The average molecular weight is 240 g/mol. The molecule has 0 bridgehead atoms. The van der Waals surface area contributed by atoms with Gasteiger partial charge in [0, 0.05) is 24.2 Å². The van der Waals surface area contributed by atoms with Gasteiger partial charge in [-0.05, 0) is 26.1 Å². The van der Waals surface area contributed by atoms with Crippen molar-refractivity contribution in [2.45, 2.75) is 19.6 Å². The Balaban J connectivity index is 2.75. The summed E-state index contributed by atoms with van der Waals surface area (Å²) in [6.45, 7) is 2.50. The van der Waals surface area contributed by atoms with E-state index in [4.69, 9.17) is 5.73 Å². The maximum absolute atomic E-state index is 13.6. The minimum Gasteiger partial charge on any atom is -0.392 e. The number of primary amides is 1. The van der Waals surface area contributed by atoms with Crippen molar-refractivity contribution in [1.29, 1.82) is 0 Å². The summed E-state index contributed by atoms with van der Waals surface area (Å²) < 4.78 is 13.6. The van der Waals surface area contributed by atoms with Gasteiger partial charge < -0.3 is 10.8 Å². The Morgan fingerprint density at radius 1 is 1.59 bits per heavy atom. The number of hydrogen-bond acceptors (Lipinski definition) is 3. The summed E-state index contributed by atoms with van der Waals surface area (Å²) in [5.41, 5.74) is 5.68. The minimum atomic E-state index is -0.646. The third kappa shape index (κ3) is 4.13. The van der Waals surface area contributed by atoms with Gasteiger partial charge in [0.25, 0.3) is 0 Å². The summed E-state index contributed by atoms with van der Waals surface area (Å²) in [6, 6.07) is 4.17. The SMILES string of the molecule is CC(O)CN(C)Cc1ccc(C(N)=O)cc1F. The van der Waals surface area contributed by atoms with Gasteiger partial charge in [0.1, 0.15) is 5.82 Å². The molecule has 4 nitrogen and oxygen atoms in total. The molecule has 0 heterocycles. The highest BCUT2D eigenvalue weighted by Gasteiger charge is 2.10. The van der Waals surface area contributed by atoms with E-state index in [1.54, 1.807) is 18.9 Å². The predicted molar refractivity (Wildman–Crippen MR) is 62.9 cm³/mol. The normalized spacial score (nSPS) is 12.8. The number of aliphatic hydroxyl groups excluding tert-OH is 1. The molecule has 0 aliphatic rings. The van der Waals surface area contributed by atoms with Crippen molar-refractivity contribution in [3.63, 3.8) is 0 Å². The molecule has 5 heteroatoms. The highest BCUT2D eigenvalue weighted by Crippen LogP contribution is 2.12. The molecule has 1 aromatic carbocycles. The van der Waals surface area contributed by atoms with Crippen LogP contribution in [-0.2, 0) is 6.54 Å². The van der Waals surface area contributed by atoms with Crippen LogP contribution in [0.2, 0.25) is 0 Å². The maximum atomic E-state index is 13.6. The molecule has 1 atom stereocenters. The number of likely N-dealkylation sites (N-methyl/N-ethyl adjacent to an activating group) is 1. The monoisotopic (exact) mass is 240 g/mol. The van der Waals surface area contributed by atoms with Crippen LogP contribution < -0.4 is 5.73 Å². The van der Waals surface area contributed by atoms with Gasteiger partial charge in [-0.15, -0.1) is 0 Å². The van der Waals surface area contributed by atoms with E-state index in [-0.39, 0.29) is 5.56 Å². The molecule has 0 aromatic heterocycles. The number of rotatable bonds is 5. The molecule has 1 aromatic rings. The Morgan fingerprint density at radius 2 is 2.24 bits per heavy atom. The number of hydrogen-bond donors (Lipinski definition) is 2. The first-order chi connectivity index (χ1) is 7.90. The first kappa shape index (κ1) is 13.6. The van der Waals surface area contributed by atoms with E-state index in [0.717, 1.165) is 6.07 Å². The average Bonchev–Trinajstić information content (AvgIpc) is 2.19. The van der Waals surface area contributed by atoms with Gasteiger partial charge in [-0.2, -0.15) is 0 Å². The van der Waals surface area contributed by atoms with Crippen molar-refractivity contribution in [1.82, 2.24) is 4.90 Å². The zero-order valence-electron chi connectivity index (χ0n) is 9.98. The van der Waals surface area contributed by atoms with E-state index >= 15 is 0 Å². The lowest BCUT2D eigenvalue weighted by Gasteiger charge is -2.18. The Hall–Kier alpha value is -1.46. The van der Waals surface area contributed by atoms with E-state index < -0.39 is 17.8 Å². The lowest BCUT2D eigenvalue weighted by molar-refractivity contribution is 0.1000. The van der Waals surface area contributed by atoms with Crippen molar-refractivity contribution >= 4 is 5.91 Å². The summed E-state index contributed by atoms with van der Waals surface area (Å²) in [5, 5.41) is 9.19. The Kier molecular flexibility index (Phi) is 4.60. The van der Waals surface area contributed by atoms with Gasteiger partial charge in [0.15, 0.2) is 0 Å². The van der Waals surface area contributed by atoms with Crippen LogP contribution in [-0.4, -0.2) is 35.6 Å². The Bertz CT molecular complexity index is 407. The number of aliphatic hydroxyl groups is 1. The fraction of sp³-hybridized carbons (Fsp3) is 0.417. The summed E-state index contributed by atoms with van der Waals surface area (Å²) >= 11 is 0. The fourth-order valence-corrected chi connectivity index (χ4v) is 1.64. The molecular formula is C12H17FN2O2. The molecule has 0 saturated carbocycles. The lowest BCUT2D eigenvalue weighted by atomic mass is 10.1. The van der Waals surface area contributed by atoms with Crippen molar-refractivity contribution in [2.75, 3.05) is 13.6 Å². The van der Waals surface area contributed by atoms with Crippen LogP contribution >= 0.6 is 0 Å². The van der Waals surface area contributed by atoms with Crippen LogP contribution in [0.1, 0.15) is 22.8 Å². The molecule has 0 aliphatic carbocycles. The van der Waals surface area contributed by atoms with Gasteiger partial charge in [0.2, 0.25) is 5.91 Å². The number of amides is 1. The number of halogens is 1. The van der Waals surface area contributed by atoms with Gasteiger partial charge in [-0.1, -0.05) is 6.07 Å². The molecule has 0 spiro atoms. The van der Waals surface area contributed by atoms with Crippen molar-refractivity contribution in [2.24, 2.45) is 5.73 Å². The topological polar surface area (TPSA) is 66.6 Å². The standard InChI is InChI=1S/C12H17FN2O2/c1-8(16)6-15(2)7-10-4-3-9(12(14)17)5-11(10)13/h3-5,8,16H,6-7H2,1-2H3,(H2,14,17).